The van der Waals surface area contributed by atoms with E-state index in [1.54, 1.807) is 0 Å². The van der Waals surface area contributed by atoms with E-state index in [4.69, 9.17) is 0 Å². The van der Waals surface area contributed by atoms with Gasteiger partial charge in [0.05, 0.1) is 0 Å². The van der Waals surface area contributed by atoms with E-state index in [1.165, 1.54) is 0 Å². The Morgan fingerprint density at radius 1 is 1.03 bits per heavy atom. The molecule has 0 saturated carbocycles. The molecule has 2 aromatic carbocycles. The molecule has 168 valence electrons. The van der Waals surface area contributed by atoms with Crippen LogP contribution < -0.4 is 5.32 Å². The van der Waals surface area contributed by atoms with Gasteiger partial charge >= 0.3 is 6.03 Å². The van der Waals surface area contributed by atoms with E-state index in [9.17, 15) is 14.4 Å². The fraction of sp³-hybridized carbons (Fsp3) is 0.423. The summed E-state index contributed by atoms with van der Waals surface area (Å²) in [5.41, 5.74) is 2.18. The van der Waals surface area contributed by atoms with Crippen molar-refractivity contribution in [3.63, 3.8) is 0 Å². The van der Waals surface area contributed by atoms with E-state index < -0.39 is 17.5 Å². The number of hydrogen-bond acceptors (Lipinski definition) is 3. The number of carbonyl (C=O) groups is 3. The molecule has 2 heterocycles. The number of piperidine rings is 1. The second kappa shape index (κ2) is 8.77. The van der Waals surface area contributed by atoms with Crippen molar-refractivity contribution in [2.24, 2.45) is 0 Å². The lowest BCUT2D eigenvalue weighted by atomic mass is 9.81. The number of nitrogens with zero attached hydrogens (tertiary/aromatic N) is 2. The number of urea groups is 1. The molecule has 2 aromatic rings. The van der Waals surface area contributed by atoms with Gasteiger partial charge in [0.25, 0.3) is 5.91 Å². The van der Waals surface area contributed by atoms with Gasteiger partial charge in [0.2, 0.25) is 5.91 Å². The first kappa shape index (κ1) is 22.1. The van der Waals surface area contributed by atoms with Crippen molar-refractivity contribution in [1.82, 2.24) is 15.1 Å². The van der Waals surface area contributed by atoms with Crippen LogP contribution in [0.3, 0.4) is 0 Å². The molecule has 0 radical (unpaired) electrons. The number of aryl methyl sites for hydroxylation is 2. The molecule has 2 saturated heterocycles. The number of rotatable bonds is 5. The Morgan fingerprint density at radius 2 is 1.78 bits per heavy atom. The number of amides is 4. The molecule has 0 spiro atoms. The molecule has 0 bridgehead atoms. The highest BCUT2D eigenvalue weighted by molar-refractivity contribution is 6.11. The van der Waals surface area contributed by atoms with Crippen LogP contribution in [0, 0.1) is 13.8 Å². The van der Waals surface area contributed by atoms with Crippen LogP contribution in [0.2, 0.25) is 0 Å². The van der Waals surface area contributed by atoms with Crippen molar-refractivity contribution >= 4 is 17.8 Å². The summed E-state index contributed by atoms with van der Waals surface area (Å²) in [6, 6.07) is 14.7. The predicted molar refractivity (Wildman–Crippen MR) is 123 cm³/mol. The molecular weight excluding hydrogens is 402 g/mol. The molecule has 0 aromatic heterocycles. The zero-order valence-corrected chi connectivity index (χ0v) is 19.1. The molecule has 32 heavy (non-hydrogen) atoms. The Hall–Kier alpha value is -3.15. The van der Waals surface area contributed by atoms with Crippen molar-refractivity contribution in [2.45, 2.75) is 58.0 Å². The largest absolute Gasteiger partial charge is 0.338 e. The first-order chi connectivity index (χ1) is 15.4. The zero-order chi connectivity index (χ0) is 22.9. The van der Waals surface area contributed by atoms with Gasteiger partial charge in [0.15, 0.2) is 5.54 Å². The van der Waals surface area contributed by atoms with Gasteiger partial charge in [0, 0.05) is 12.6 Å². The van der Waals surface area contributed by atoms with Gasteiger partial charge in [-0.25, -0.2) is 4.79 Å². The van der Waals surface area contributed by atoms with Gasteiger partial charge in [-0.2, -0.15) is 0 Å². The minimum atomic E-state index is -1.34. The van der Waals surface area contributed by atoms with Gasteiger partial charge in [0.1, 0.15) is 6.54 Å². The molecule has 6 nitrogen and oxygen atoms in total. The van der Waals surface area contributed by atoms with Crippen molar-refractivity contribution < 1.29 is 14.4 Å². The summed E-state index contributed by atoms with van der Waals surface area (Å²) in [6.45, 7) is 6.52. The second-order valence-corrected chi connectivity index (χ2v) is 8.88. The minimum Gasteiger partial charge on any atom is -0.338 e. The molecule has 2 fully saturated rings. The summed E-state index contributed by atoms with van der Waals surface area (Å²) in [6.07, 6.45) is 3.91. The SMILES string of the molecule is CC[C@H]1CCCCN1C(=O)CN1C(=O)N[C@](c2ccccc2)(c2ccc(C)c(C)c2)C1=O. The maximum Gasteiger partial charge on any atom is 0.326 e. The molecule has 4 amide bonds. The van der Waals surface area contributed by atoms with E-state index in [0.717, 1.165) is 41.7 Å². The van der Waals surface area contributed by atoms with Gasteiger partial charge < -0.3 is 10.2 Å². The number of hydrogen-bond donors (Lipinski definition) is 1. The monoisotopic (exact) mass is 433 g/mol. The summed E-state index contributed by atoms with van der Waals surface area (Å²) < 4.78 is 0. The van der Waals surface area contributed by atoms with Crippen LogP contribution >= 0.6 is 0 Å². The Labute approximate surface area is 189 Å². The normalized spacial score (nSPS) is 23.4. The minimum absolute atomic E-state index is 0.163. The summed E-state index contributed by atoms with van der Waals surface area (Å²) in [4.78, 5) is 43.1. The highest BCUT2D eigenvalue weighted by Crippen LogP contribution is 2.37. The predicted octanol–water partition coefficient (Wildman–Crippen LogP) is 3.89. The standard InChI is InChI=1S/C26H31N3O3/c1-4-22-12-8-9-15-28(22)23(30)17-29-24(31)26(27-25(29)32,20-10-6-5-7-11-20)21-14-13-18(2)19(3)16-21/h5-7,10-11,13-14,16,22H,4,8-9,12,15,17H2,1-3H3,(H,27,32)/t22-,26+/m0/s1. The smallest absolute Gasteiger partial charge is 0.326 e. The van der Waals surface area contributed by atoms with Crippen LogP contribution in [0.5, 0.6) is 0 Å². The van der Waals surface area contributed by atoms with Gasteiger partial charge in [-0.1, -0.05) is 55.5 Å². The molecule has 1 N–H and O–H groups in total. The molecule has 0 aliphatic carbocycles. The van der Waals surface area contributed by atoms with Gasteiger partial charge in [-0.05, 0) is 61.8 Å². The quantitative estimate of drug-likeness (QED) is 0.728. The van der Waals surface area contributed by atoms with Gasteiger partial charge in [-0.3, -0.25) is 14.5 Å². The highest BCUT2D eigenvalue weighted by atomic mass is 16.2. The molecule has 0 unspecified atom stereocenters. The van der Waals surface area contributed by atoms with Crippen LogP contribution in [-0.2, 0) is 15.1 Å². The zero-order valence-electron chi connectivity index (χ0n) is 19.1. The number of imide groups is 1. The van der Waals surface area contributed by atoms with Crippen LogP contribution in [0.4, 0.5) is 4.79 Å². The van der Waals surface area contributed by atoms with Crippen LogP contribution in [0.1, 0.15) is 54.9 Å². The summed E-state index contributed by atoms with van der Waals surface area (Å²) in [5.74, 6) is -0.570. The molecule has 4 rings (SSSR count). The summed E-state index contributed by atoms with van der Waals surface area (Å²) in [7, 11) is 0. The third kappa shape index (κ3) is 3.68. The van der Waals surface area contributed by atoms with Gasteiger partial charge in [-0.15, -0.1) is 0 Å². The van der Waals surface area contributed by atoms with Crippen LogP contribution in [0.25, 0.3) is 0 Å². The Balaban J connectivity index is 1.70. The summed E-state index contributed by atoms with van der Waals surface area (Å²) in [5, 5.41) is 2.95. The Morgan fingerprint density at radius 3 is 2.47 bits per heavy atom. The maximum absolute atomic E-state index is 13.9. The lowest BCUT2D eigenvalue weighted by Crippen LogP contribution is -2.50. The van der Waals surface area contributed by atoms with Crippen molar-refractivity contribution in [3.8, 4) is 0 Å². The molecular formula is C26H31N3O3. The first-order valence-corrected chi connectivity index (χ1v) is 11.4. The Bertz CT molecular complexity index is 1040. The third-order valence-corrected chi connectivity index (χ3v) is 6.96. The van der Waals surface area contributed by atoms with E-state index in [0.29, 0.717) is 17.7 Å². The van der Waals surface area contributed by atoms with E-state index in [-0.39, 0.29) is 18.5 Å². The molecule has 6 heteroatoms. The lowest BCUT2D eigenvalue weighted by molar-refractivity contribution is -0.140. The Kier molecular flexibility index (Phi) is 6.04. The average Bonchev–Trinajstić information content (AvgIpc) is 3.07. The third-order valence-electron chi connectivity index (χ3n) is 6.96. The van der Waals surface area contributed by atoms with Crippen LogP contribution in [-0.4, -0.2) is 46.8 Å². The topological polar surface area (TPSA) is 69.7 Å². The second-order valence-electron chi connectivity index (χ2n) is 8.88. The van der Waals surface area contributed by atoms with Crippen molar-refractivity contribution in [1.29, 1.82) is 0 Å². The number of likely N-dealkylation sites (tertiary alicyclic amines) is 1. The van der Waals surface area contributed by atoms with Crippen molar-refractivity contribution in [2.75, 3.05) is 13.1 Å². The highest BCUT2D eigenvalue weighted by Gasteiger charge is 2.54. The molecule has 2 aliphatic rings. The van der Waals surface area contributed by atoms with E-state index in [1.807, 2.05) is 67.3 Å². The fourth-order valence-corrected chi connectivity index (χ4v) is 4.92. The maximum atomic E-state index is 13.9. The molecule has 2 aliphatic heterocycles. The molecule has 2 atom stereocenters. The van der Waals surface area contributed by atoms with Crippen LogP contribution in [0.15, 0.2) is 48.5 Å². The fourth-order valence-electron chi connectivity index (χ4n) is 4.92. The number of nitrogens with one attached hydrogen (secondary N) is 1. The lowest BCUT2D eigenvalue weighted by Gasteiger charge is -2.36. The van der Waals surface area contributed by atoms with E-state index in [2.05, 4.69) is 12.2 Å². The number of carbonyl (C=O) groups excluding carboxylic acids is 3. The average molecular weight is 434 g/mol. The van der Waals surface area contributed by atoms with Crippen molar-refractivity contribution in [3.05, 3.63) is 70.8 Å². The number of benzene rings is 2. The van der Waals surface area contributed by atoms with E-state index >= 15 is 0 Å². The first-order valence-electron chi connectivity index (χ1n) is 11.4. The summed E-state index contributed by atoms with van der Waals surface area (Å²) >= 11 is 0.